The van der Waals surface area contributed by atoms with Crippen LogP contribution >= 0.6 is 0 Å². The number of non-ortho nitro benzene ring substituents is 1. The lowest BCUT2D eigenvalue weighted by Crippen LogP contribution is -2.33. The van der Waals surface area contributed by atoms with Crippen LogP contribution in [0.5, 0.6) is 11.5 Å². The summed E-state index contributed by atoms with van der Waals surface area (Å²) in [5.74, 6) is 1.71. The third kappa shape index (κ3) is 6.57. The van der Waals surface area contributed by atoms with Crippen molar-refractivity contribution in [2.75, 3.05) is 0 Å². The summed E-state index contributed by atoms with van der Waals surface area (Å²) in [6, 6.07) is 26.3. The third-order valence-electron chi connectivity index (χ3n) is 5.11. The molecule has 0 saturated carbocycles. The van der Waals surface area contributed by atoms with E-state index in [0.29, 0.717) is 35.2 Å². The highest BCUT2D eigenvalue weighted by atomic mass is 16.6. The second-order valence-electron chi connectivity index (χ2n) is 7.75. The number of carbonyl (C=O) groups is 1. The lowest BCUT2D eigenvalue weighted by molar-refractivity contribution is -0.384. The molecule has 0 bridgehead atoms. The average Bonchev–Trinajstić information content (AvgIpc) is 3.38. The van der Waals surface area contributed by atoms with Gasteiger partial charge in [-0.25, -0.2) is 5.43 Å². The molecule has 9 nitrogen and oxygen atoms in total. The molecule has 0 aliphatic carbocycles. The monoisotopic (exact) mass is 485 g/mol. The van der Waals surface area contributed by atoms with Gasteiger partial charge < -0.3 is 13.9 Å². The molecule has 3 aromatic carbocycles. The fraction of sp³-hybridized carbons (Fsp3) is 0.111. The lowest BCUT2D eigenvalue weighted by atomic mass is 10.1. The van der Waals surface area contributed by atoms with E-state index in [1.807, 2.05) is 30.3 Å². The largest absolute Gasteiger partial charge is 0.489 e. The van der Waals surface area contributed by atoms with Crippen molar-refractivity contribution in [3.63, 3.8) is 0 Å². The minimum Gasteiger partial charge on any atom is -0.489 e. The first-order valence-corrected chi connectivity index (χ1v) is 11.1. The number of amides is 1. The molecule has 0 aliphatic heterocycles. The van der Waals surface area contributed by atoms with Gasteiger partial charge in [-0.15, -0.1) is 0 Å². The van der Waals surface area contributed by atoms with Crippen LogP contribution in [0, 0.1) is 10.1 Å². The predicted octanol–water partition coefficient (Wildman–Crippen LogP) is 5.35. The second-order valence-corrected chi connectivity index (χ2v) is 7.75. The molecule has 0 saturated heterocycles. The van der Waals surface area contributed by atoms with E-state index >= 15 is 0 Å². The quantitative estimate of drug-likeness (QED) is 0.184. The molecule has 4 rings (SSSR count). The van der Waals surface area contributed by atoms with Crippen molar-refractivity contribution in [3.05, 3.63) is 112 Å². The van der Waals surface area contributed by atoms with Crippen LogP contribution in [0.3, 0.4) is 0 Å². The zero-order chi connectivity index (χ0) is 25.3. The number of ether oxygens (including phenoxy) is 2. The van der Waals surface area contributed by atoms with Gasteiger partial charge in [-0.2, -0.15) is 5.10 Å². The number of nitro benzene ring substituents is 1. The van der Waals surface area contributed by atoms with Gasteiger partial charge in [0, 0.05) is 17.7 Å². The molecule has 1 unspecified atom stereocenters. The Balaban J connectivity index is 1.25. The van der Waals surface area contributed by atoms with Crippen molar-refractivity contribution in [2.24, 2.45) is 5.10 Å². The topological polar surface area (TPSA) is 116 Å². The van der Waals surface area contributed by atoms with Crippen LogP contribution in [-0.2, 0) is 11.4 Å². The Morgan fingerprint density at radius 3 is 2.39 bits per heavy atom. The van der Waals surface area contributed by atoms with Crippen LogP contribution in [0.2, 0.25) is 0 Å². The number of benzene rings is 3. The van der Waals surface area contributed by atoms with E-state index < -0.39 is 16.9 Å². The number of nitrogens with one attached hydrogen (secondary N) is 1. The minimum atomic E-state index is -0.787. The fourth-order valence-corrected chi connectivity index (χ4v) is 3.19. The summed E-state index contributed by atoms with van der Waals surface area (Å²) < 4.78 is 17.1. The van der Waals surface area contributed by atoms with Crippen LogP contribution in [0.15, 0.2) is 101 Å². The molecule has 1 amide bonds. The Morgan fingerprint density at radius 1 is 1.00 bits per heavy atom. The zero-order valence-corrected chi connectivity index (χ0v) is 19.4. The molecule has 36 heavy (non-hydrogen) atoms. The van der Waals surface area contributed by atoms with Gasteiger partial charge in [-0.1, -0.05) is 30.3 Å². The number of hydrogen-bond donors (Lipinski definition) is 1. The highest BCUT2D eigenvalue weighted by Gasteiger charge is 2.14. The van der Waals surface area contributed by atoms with Crippen molar-refractivity contribution in [1.82, 2.24) is 5.43 Å². The van der Waals surface area contributed by atoms with E-state index in [9.17, 15) is 14.9 Å². The van der Waals surface area contributed by atoms with E-state index in [0.717, 1.165) is 5.56 Å². The summed E-state index contributed by atoms with van der Waals surface area (Å²) in [6.45, 7) is 2.08. The molecule has 1 heterocycles. The maximum absolute atomic E-state index is 12.3. The Labute approximate surface area is 207 Å². The highest BCUT2D eigenvalue weighted by molar-refractivity contribution is 5.83. The summed E-state index contributed by atoms with van der Waals surface area (Å²) in [5.41, 5.74) is 4.17. The highest BCUT2D eigenvalue weighted by Crippen LogP contribution is 2.24. The minimum absolute atomic E-state index is 0.00141. The van der Waals surface area contributed by atoms with Gasteiger partial charge in [0.15, 0.2) is 6.10 Å². The summed E-state index contributed by atoms with van der Waals surface area (Å²) in [7, 11) is 0. The predicted molar refractivity (Wildman–Crippen MR) is 134 cm³/mol. The summed E-state index contributed by atoms with van der Waals surface area (Å²) >= 11 is 0. The van der Waals surface area contributed by atoms with E-state index in [2.05, 4.69) is 10.5 Å². The zero-order valence-electron chi connectivity index (χ0n) is 19.4. The van der Waals surface area contributed by atoms with Gasteiger partial charge in [0.1, 0.15) is 29.6 Å². The van der Waals surface area contributed by atoms with Gasteiger partial charge >= 0.3 is 0 Å². The Bertz CT molecular complexity index is 1330. The molecule has 4 aromatic rings. The number of carbonyl (C=O) groups excluding carboxylic acids is 1. The van der Waals surface area contributed by atoms with Crippen LogP contribution in [0.4, 0.5) is 5.69 Å². The van der Waals surface area contributed by atoms with Crippen molar-refractivity contribution in [3.8, 4) is 22.8 Å². The van der Waals surface area contributed by atoms with E-state index in [4.69, 9.17) is 13.9 Å². The van der Waals surface area contributed by atoms with E-state index in [1.165, 1.54) is 18.3 Å². The lowest BCUT2D eigenvalue weighted by Gasteiger charge is -2.13. The molecule has 182 valence electrons. The Kier molecular flexibility index (Phi) is 7.72. The molecule has 1 aromatic heterocycles. The van der Waals surface area contributed by atoms with Gasteiger partial charge in [-0.05, 0) is 61.0 Å². The van der Waals surface area contributed by atoms with Gasteiger partial charge in [-0.3, -0.25) is 14.9 Å². The summed E-state index contributed by atoms with van der Waals surface area (Å²) in [5, 5.41) is 14.7. The second kappa shape index (κ2) is 11.5. The number of nitro groups is 1. The van der Waals surface area contributed by atoms with Gasteiger partial charge in [0.25, 0.3) is 11.6 Å². The first-order chi connectivity index (χ1) is 17.5. The van der Waals surface area contributed by atoms with Gasteiger partial charge in [0.2, 0.25) is 0 Å². The normalized spacial score (nSPS) is 11.7. The molecule has 0 fully saturated rings. The van der Waals surface area contributed by atoms with Crippen molar-refractivity contribution >= 4 is 17.8 Å². The van der Waals surface area contributed by atoms with Crippen molar-refractivity contribution in [1.29, 1.82) is 0 Å². The molecule has 0 spiro atoms. The van der Waals surface area contributed by atoms with Crippen molar-refractivity contribution in [2.45, 2.75) is 19.6 Å². The molecule has 1 N–H and O–H groups in total. The molecular formula is C27H23N3O6. The average molecular weight is 485 g/mol. The number of furan rings is 1. The maximum atomic E-state index is 12.3. The first kappa shape index (κ1) is 24.2. The summed E-state index contributed by atoms with van der Waals surface area (Å²) in [6.07, 6.45) is 0.573. The maximum Gasteiger partial charge on any atom is 0.280 e. The first-order valence-electron chi connectivity index (χ1n) is 11.1. The standard InChI is InChI=1S/C27H23N3O6/c1-19(35-24-13-11-23(12-14-24)34-18-20-5-3-2-4-6-20)27(31)29-28-17-25-15-16-26(36-25)21-7-9-22(10-8-21)30(32)33/h2-17,19H,18H2,1H3,(H,29,31). The van der Waals surface area contributed by atoms with Crippen LogP contribution in [0.1, 0.15) is 18.2 Å². The van der Waals surface area contributed by atoms with Crippen LogP contribution in [-0.4, -0.2) is 23.1 Å². The smallest absolute Gasteiger partial charge is 0.280 e. The fourth-order valence-electron chi connectivity index (χ4n) is 3.19. The number of nitrogens with zero attached hydrogens (tertiary/aromatic N) is 2. The van der Waals surface area contributed by atoms with E-state index in [1.54, 1.807) is 55.5 Å². The molecular weight excluding hydrogens is 462 g/mol. The number of hydrazone groups is 1. The molecule has 9 heteroatoms. The molecule has 1 atom stereocenters. The van der Waals surface area contributed by atoms with Crippen molar-refractivity contribution < 1.29 is 23.6 Å². The SMILES string of the molecule is CC(Oc1ccc(OCc2ccccc2)cc1)C(=O)NN=Cc1ccc(-c2ccc([N+](=O)[O-])cc2)o1. The Hall–Kier alpha value is -4.92. The Morgan fingerprint density at radius 2 is 1.69 bits per heavy atom. The number of hydrogen-bond acceptors (Lipinski definition) is 7. The van der Waals surface area contributed by atoms with Gasteiger partial charge in [0.05, 0.1) is 11.1 Å². The molecule has 0 radical (unpaired) electrons. The van der Waals surface area contributed by atoms with E-state index in [-0.39, 0.29) is 5.69 Å². The van der Waals surface area contributed by atoms with Crippen LogP contribution in [0.25, 0.3) is 11.3 Å². The van der Waals surface area contributed by atoms with Crippen LogP contribution < -0.4 is 14.9 Å². The third-order valence-corrected chi connectivity index (χ3v) is 5.11. The number of rotatable bonds is 10. The molecule has 0 aliphatic rings. The summed E-state index contributed by atoms with van der Waals surface area (Å²) in [4.78, 5) is 22.6.